The fourth-order valence-electron chi connectivity index (χ4n) is 1.55. The second-order valence-corrected chi connectivity index (χ2v) is 4.28. The Morgan fingerprint density at radius 2 is 1.94 bits per heavy atom. The molecule has 0 aliphatic carbocycles. The van der Waals surface area contributed by atoms with Crippen LogP contribution in [0.3, 0.4) is 0 Å². The first-order valence-corrected chi connectivity index (χ1v) is 6.09. The lowest BCUT2D eigenvalue weighted by atomic mass is 10.0. The molecule has 0 fully saturated rings. The highest BCUT2D eigenvalue weighted by Gasteiger charge is 2.10. The molecular weight excluding hydrogens is 222 g/mol. The van der Waals surface area contributed by atoms with Crippen LogP contribution >= 0.6 is 11.6 Å². The van der Waals surface area contributed by atoms with Gasteiger partial charge in [-0.2, -0.15) is 0 Å². The van der Waals surface area contributed by atoms with Gasteiger partial charge in [-0.1, -0.05) is 50.4 Å². The van der Waals surface area contributed by atoms with Crippen molar-refractivity contribution in [2.45, 2.75) is 26.7 Å². The molecule has 0 unspecified atom stereocenters. The third kappa shape index (κ3) is 3.53. The number of rotatable bonds is 5. The largest absolute Gasteiger partial charge is 0.352 e. The predicted molar refractivity (Wildman–Crippen MR) is 67.9 cm³/mol. The summed E-state index contributed by atoms with van der Waals surface area (Å²) in [5.41, 5.74) is 0.551. The number of hydrogen-bond acceptors (Lipinski definition) is 1. The summed E-state index contributed by atoms with van der Waals surface area (Å²) in [6, 6.07) is 7.11. The van der Waals surface area contributed by atoms with Gasteiger partial charge in [-0.25, -0.2) is 0 Å². The molecule has 0 aliphatic rings. The Bertz CT molecular complexity index is 348. The van der Waals surface area contributed by atoms with E-state index in [4.69, 9.17) is 11.6 Å². The van der Waals surface area contributed by atoms with Crippen molar-refractivity contribution in [3.8, 4) is 0 Å². The van der Waals surface area contributed by atoms with E-state index in [-0.39, 0.29) is 5.91 Å². The maximum Gasteiger partial charge on any atom is 0.252 e. The fourth-order valence-corrected chi connectivity index (χ4v) is 1.78. The predicted octanol–water partition coefficient (Wildman–Crippen LogP) is 3.51. The summed E-state index contributed by atoms with van der Waals surface area (Å²) in [4.78, 5) is 11.8. The minimum absolute atomic E-state index is 0.0856. The minimum atomic E-state index is -0.0856. The van der Waals surface area contributed by atoms with E-state index in [0.717, 1.165) is 19.4 Å². The van der Waals surface area contributed by atoms with E-state index in [9.17, 15) is 4.79 Å². The summed E-state index contributed by atoms with van der Waals surface area (Å²) in [6.45, 7) is 4.99. The Kier molecular flexibility index (Phi) is 5.33. The molecule has 0 saturated carbocycles. The lowest BCUT2D eigenvalue weighted by molar-refractivity contribution is 0.0946. The second kappa shape index (κ2) is 6.54. The van der Waals surface area contributed by atoms with Gasteiger partial charge in [-0.3, -0.25) is 4.79 Å². The van der Waals surface area contributed by atoms with E-state index in [2.05, 4.69) is 19.2 Å². The van der Waals surface area contributed by atoms with Crippen LogP contribution in [0.5, 0.6) is 0 Å². The molecule has 0 aromatic heterocycles. The van der Waals surface area contributed by atoms with Crippen LogP contribution in [0.15, 0.2) is 24.3 Å². The average Bonchev–Trinajstić information content (AvgIpc) is 2.30. The Morgan fingerprint density at radius 3 is 2.50 bits per heavy atom. The van der Waals surface area contributed by atoms with Crippen LogP contribution in [-0.4, -0.2) is 12.5 Å². The molecule has 0 saturated heterocycles. The van der Waals surface area contributed by atoms with Gasteiger partial charge in [0.25, 0.3) is 5.91 Å². The van der Waals surface area contributed by atoms with Crippen molar-refractivity contribution in [1.82, 2.24) is 5.32 Å². The Hall–Kier alpha value is -1.02. The first-order valence-electron chi connectivity index (χ1n) is 5.71. The number of halogens is 1. The van der Waals surface area contributed by atoms with Crippen molar-refractivity contribution in [3.63, 3.8) is 0 Å². The molecule has 1 aromatic rings. The molecule has 1 N–H and O–H groups in total. The summed E-state index contributed by atoms with van der Waals surface area (Å²) in [6.07, 6.45) is 2.17. The van der Waals surface area contributed by atoms with Gasteiger partial charge in [0.05, 0.1) is 10.6 Å². The van der Waals surface area contributed by atoms with E-state index in [1.54, 1.807) is 12.1 Å². The van der Waals surface area contributed by atoms with Gasteiger partial charge in [-0.15, -0.1) is 0 Å². The van der Waals surface area contributed by atoms with Gasteiger partial charge >= 0.3 is 0 Å². The van der Waals surface area contributed by atoms with Crippen molar-refractivity contribution in [2.75, 3.05) is 6.54 Å². The molecule has 1 rings (SSSR count). The van der Waals surface area contributed by atoms with Crippen LogP contribution < -0.4 is 5.32 Å². The minimum Gasteiger partial charge on any atom is -0.352 e. The van der Waals surface area contributed by atoms with Crippen LogP contribution in [0.2, 0.25) is 5.02 Å². The zero-order valence-electron chi connectivity index (χ0n) is 9.79. The van der Waals surface area contributed by atoms with Gasteiger partial charge in [0.1, 0.15) is 0 Å². The number of carbonyl (C=O) groups is 1. The van der Waals surface area contributed by atoms with Crippen LogP contribution in [0.1, 0.15) is 37.0 Å². The van der Waals surface area contributed by atoms with Gasteiger partial charge in [0.15, 0.2) is 0 Å². The van der Waals surface area contributed by atoms with E-state index < -0.39 is 0 Å². The normalized spacial score (nSPS) is 10.5. The lowest BCUT2D eigenvalue weighted by Gasteiger charge is -2.13. The molecule has 3 heteroatoms. The van der Waals surface area contributed by atoms with Crippen molar-refractivity contribution >= 4 is 17.5 Å². The quantitative estimate of drug-likeness (QED) is 0.837. The monoisotopic (exact) mass is 239 g/mol. The van der Waals surface area contributed by atoms with Crippen LogP contribution in [-0.2, 0) is 0 Å². The number of hydrogen-bond donors (Lipinski definition) is 1. The molecule has 0 bridgehead atoms. The molecule has 0 atom stereocenters. The summed E-state index contributed by atoms with van der Waals surface area (Å²) in [5, 5.41) is 3.42. The molecule has 2 nitrogen and oxygen atoms in total. The first-order chi connectivity index (χ1) is 7.69. The number of carbonyl (C=O) groups excluding carboxylic acids is 1. The molecule has 16 heavy (non-hydrogen) atoms. The summed E-state index contributed by atoms with van der Waals surface area (Å²) in [5.74, 6) is 0.462. The first kappa shape index (κ1) is 13.0. The van der Waals surface area contributed by atoms with Crippen molar-refractivity contribution in [1.29, 1.82) is 0 Å². The van der Waals surface area contributed by atoms with Crippen LogP contribution in [0, 0.1) is 5.92 Å². The van der Waals surface area contributed by atoms with Crippen LogP contribution in [0.4, 0.5) is 0 Å². The molecule has 0 heterocycles. The molecule has 1 aromatic carbocycles. The molecule has 1 amide bonds. The molecule has 0 spiro atoms. The number of amides is 1. The third-order valence-electron chi connectivity index (χ3n) is 2.82. The Morgan fingerprint density at radius 1 is 1.31 bits per heavy atom. The van der Waals surface area contributed by atoms with Gasteiger partial charge < -0.3 is 5.32 Å². The lowest BCUT2D eigenvalue weighted by Crippen LogP contribution is -2.29. The van der Waals surface area contributed by atoms with Gasteiger partial charge in [0, 0.05) is 6.54 Å². The zero-order chi connectivity index (χ0) is 12.0. The molecule has 88 valence electrons. The van der Waals surface area contributed by atoms with E-state index >= 15 is 0 Å². The fraction of sp³-hybridized carbons (Fsp3) is 0.462. The van der Waals surface area contributed by atoms with Crippen molar-refractivity contribution in [3.05, 3.63) is 34.9 Å². The molecule has 0 aliphatic heterocycles. The SMILES string of the molecule is CCC(CC)CNC(=O)c1ccccc1Cl. The number of benzene rings is 1. The highest BCUT2D eigenvalue weighted by atomic mass is 35.5. The second-order valence-electron chi connectivity index (χ2n) is 3.87. The topological polar surface area (TPSA) is 29.1 Å². The molecular formula is C13H18ClNO. The summed E-state index contributed by atoms with van der Waals surface area (Å²) in [7, 11) is 0. The van der Waals surface area contributed by atoms with Gasteiger partial charge in [0.2, 0.25) is 0 Å². The average molecular weight is 240 g/mol. The maximum atomic E-state index is 11.8. The highest BCUT2D eigenvalue weighted by Crippen LogP contribution is 2.14. The maximum absolute atomic E-state index is 11.8. The Labute approximate surface area is 102 Å². The van der Waals surface area contributed by atoms with E-state index in [1.165, 1.54) is 0 Å². The van der Waals surface area contributed by atoms with Gasteiger partial charge in [-0.05, 0) is 18.1 Å². The van der Waals surface area contributed by atoms with Crippen LogP contribution in [0.25, 0.3) is 0 Å². The zero-order valence-corrected chi connectivity index (χ0v) is 10.6. The Balaban J connectivity index is 2.56. The summed E-state index contributed by atoms with van der Waals surface area (Å²) < 4.78 is 0. The molecule has 0 radical (unpaired) electrons. The van der Waals surface area contributed by atoms with E-state index in [0.29, 0.717) is 16.5 Å². The van der Waals surface area contributed by atoms with Crippen molar-refractivity contribution in [2.24, 2.45) is 5.92 Å². The highest BCUT2D eigenvalue weighted by molar-refractivity contribution is 6.33. The van der Waals surface area contributed by atoms with Crippen molar-refractivity contribution < 1.29 is 4.79 Å². The summed E-state index contributed by atoms with van der Waals surface area (Å²) >= 11 is 5.94. The third-order valence-corrected chi connectivity index (χ3v) is 3.15. The smallest absolute Gasteiger partial charge is 0.252 e. The standard InChI is InChI=1S/C13H18ClNO/c1-3-10(4-2)9-15-13(16)11-7-5-6-8-12(11)14/h5-8,10H,3-4,9H2,1-2H3,(H,15,16). The number of nitrogens with one attached hydrogen (secondary N) is 1. The van der Waals surface area contributed by atoms with E-state index in [1.807, 2.05) is 12.1 Å².